The van der Waals surface area contributed by atoms with Gasteiger partial charge in [0.25, 0.3) is 0 Å². The molecule has 0 aliphatic heterocycles. The molecule has 0 amide bonds. The van der Waals surface area contributed by atoms with Crippen LogP contribution >= 0.6 is 0 Å². The zero-order valence-electron chi connectivity index (χ0n) is 11.6. The topological polar surface area (TPSA) is 29.9 Å². The number of nitrogens with one attached hydrogen (secondary N) is 1. The lowest BCUT2D eigenvalue weighted by Gasteiger charge is -2.09. The monoisotopic (exact) mass is 289 g/mol. The molecule has 0 bridgehead atoms. The lowest BCUT2D eigenvalue weighted by Crippen LogP contribution is -2.16. The van der Waals surface area contributed by atoms with E-state index in [1.807, 2.05) is 6.07 Å². The van der Waals surface area contributed by atoms with Crippen LogP contribution in [-0.4, -0.2) is 15.8 Å². The van der Waals surface area contributed by atoms with Crippen molar-refractivity contribution in [2.45, 2.75) is 44.2 Å². The smallest absolute Gasteiger partial charge is 0.152 e. The minimum atomic E-state index is -0.562. The molecule has 1 aromatic carbocycles. The molecule has 2 aromatic rings. The summed E-state index contributed by atoms with van der Waals surface area (Å²) in [5.41, 5.74) is 1.47. The predicted molar refractivity (Wildman–Crippen MR) is 75.3 cm³/mol. The van der Waals surface area contributed by atoms with Gasteiger partial charge in [0.15, 0.2) is 11.6 Å². The first-order chi connectivity index (χ1) is 10.2. The zero-order chi connectivity index (χ0) is 14.4. The second-order valence-corrected chi connectivity index (χ2v) is 6.02. The highest BCUT2D eigenvalue weighted by atomic mass is 19.1. The predicted octanol–water partition coefficient (Wildman–Crippen LogP) is 3.28. The van der Waals surface area contributed by atoms with Gasteiger partial charge in [-0.2, -0.15) is 5.10 Å². The molecule has 1 aromatic heterocycles. The third-order valence-electron chi connectivity index (χ3n) is 4.08. The summed E-state index contributed by atoms with van der Waals surface area (Å²) in [7, 11) is 0. The number of aromatic nitrogens is 2. The van der Waals surface area contributed by atoms with Gasteiger partial charge in [-0.15, -0.1) is 0 Å². The molecule has 0 atom stereocenters. The van der Waals surface area contributed by atoms with Gasteiger partial charge in [-0.1, -0.05) is 0 Å². The van der Waals surface area contributed by atoms with Crippen LogP contribution in [0.3, 0.4) is 0 Å². The maximum atomic E-state index is 14.2. The Morgan fingerprint density at radius 1 is 1.14 bits per heavy atom. The van der Waals surface area contributed by atoms with E-state index in [9.17, 15) is 8.78 Å². The first-order valence-corrected chi connectivity index (χ1v) is 7.48. The Morgan fingerprint density at radius 3 is 2.48 bits per heavy atom. The van der Waals surface area contributed by atoms with Crippen LogP contribution in [0, 0.1) is 11.6 Å². The van der Waals surface area contributed by atoms with Gasteiger partial charge in [-0.25, -0.2) is 13.5 Å². The normalized spacial score (nSPS) is 18.2. The Morgan fingerprint density at radius 2 is 1.86 bits per heavy atom. The van der Waals surface area contributed by atoms with E-state index in [0.717, 1.165) is 31.4 Å². The number of nitrogens with zero attached hydrogens (tertiary/aromatic N) is 2. The van der Waals surface area contributed by atoms with Crippen molar-refractivity contribution >= 4 is 0 Å². The number of hydrogen-bond acceptors (Lipinski definition) is 2. The van der Waals surface area contributed by atoms with Gasteiger partial charge < -0.3 is 5.32 Å². The van der Waals surface area contributed by atoms with Crippen LogP contribution in [0.2, 0.25) is 0 Å². The minimum absolute atomic E-state index is 0.0860. The summed E-state index contributed by atoms with van der Waals surface area (Å²) in [6.45, 7) is 0.505. The second-order valence-electron chi connectivity index (χ2n) is 6.02. The summed E-state index contributed by atoms with van der Waals surface area (Å²) >= 11 is 0. The Bertz CT molecular complexity index is 649. The standard InChI is InChI=1S/C16H17F2N3/c17-13-7-10(9-19-12-3-4-12)8-14(18)16(13)21-6-5-15(20-21)11-1-2-11/h5-8,11-12,19H,1-4,9H2. The van der Waals surface area contributed by atoms with Crippen LogP contribution in [0.4, 0.5) is 8.78 Å². The van der Waals surface area contributed by atoms with Crippen LogP contribution in [0.1, 0.15) is 42.9 Å². The number of hydrogen-bond donors (Lipinski definition) is 1. The van der Waals surface area contributed by atoms with Crippen LogP contribution in [-0.2, 0) is 6.54 Å². The molecule has 21 heavy (non-hydrogen) atoms. The number of rotatable bonds is 5. The second kappa shape index (κ2) is 4.91. The molecular weight excluding hydrogens is 272 g/mol. The fraction of sp³-hybridized carbons (Fsp3) is 0.438. The molecule has 0 saturated heterocycles. The molecule has 2 fully saturated rings. The Labute approximate surface area is 122 Å². The summed E-state index contributed by atoms with van der Waals surface area (Å²) in [6, 6.07) is 5.15. The lowest BCUT2D eigenvalue weighted by molar-refractivity contribution is 0.552. The van der Waals surface area contributed by atoms with Gasteiger partial charge in [-0.05, 0) is 49.4 Å². The molecule has 1 N–H and O–H groups in total. The highest BCUT2D eigenvalue weighted by molar-refractivity contribution is 5.38. The molecule has 2 saturated carbocycles. The van der Waals surface area contributed by atoms with E-state index in [1.165, 1.54) is 16.8 Å². The molecule has 0 spiro atoms. The maximum Gasteiger partial charge on any atom is 0.152 e. The molecule has 1 heterocycles. The Kier molecular flexibility index (Phi) is 3.03. The number of benzene rings is 1. The fourth-order valence-corrected chi connectivity index (χ4v) is 2.55. The fourth-order valence-electron chi connectivity index (χ4n) is 2.55. The Balaban J connectivity index is 1.60. The summed E-state index contributed by atoms with van der Waals surface area (Å²) in [6.07, 6.45) is 6.18. The Hall–Kier alpha value is -1.75. The third-order valence-corrected chi connectivity index (χ3v) is 4.08. The van der Waals surface area contributed by atoms with Crippen molar-refractivity contribution in [1.29, 1.82) is 0 Å². The largest absolute Gasteiger partial charge is 0.310 e. The highest BCUT2D eigenvalue weighted by Crippen LogP contribution is 2.39. The van der Waals surface area contributed by atoms with E-state index in [2.05, 4.69) is 10.4 Å². The van der Waals surface area contributed by atoms with E-state index in [0.29, 0.717) is 24.1 Å². The van der Waals surface area contributed by atoms with E-state index in [-0.39, 0.29) is 5.69 Å². The van der Waals surface area contributed by atoms with Gasteiger partial charge >= 0.3 is 0 Å². The first-order valence-electron chi connectivity index (χ1n) is 7.48. The van der Waals surface area contributed by atoms with Gasteiger partial charge in [-0.3, -0.25) is 0 Å². The SMILES string of the molecule is Fc1cc(CNC2CC2)cc(F)c1-n1ccc(C2CC2)n1. The van der Waals surface area contributed by atoms with Gasteiger partial charge in [0.05, 0.1) is 5.69 Å². The molecule has 2 aliphatic rings. The lowest BCUT2D eigenvalue weighted by atomic mass is 10.2. The molecule has 5 heteroatoms. The molecular formula is C16H17F2N3. The van der Waals surface area contributed by atoms with Crippen molar-refractivity contribution in [3.05, 3.63) is 47.3 Å². The zero-order valence-corrected chi connectivity index (χ0v) is 11.6. The van der Waals surface area contributed by atoms with Crippen molar-refractivity contribution in [2.24, 2.45) is 0 Å². The van der Waals surface area contributed by atoms with E-state index in [1.54, 1.807) is 6.20 Å². The van der Waals surface area contributed by atoms with E-state index in [4.69, 9.17) is 0 Å². The molecule has 0 radical (unpaired) electrons. The summed E-state index contributed by atoms with van der Waals surface area (Å²) in [4.78, 5) is 0. The minimum Gasteiger partial charge on any atom is -0.310 e. The highest BCUT2D eigenvalue weighted by Gasteiger charge is 2.26. The van der Waals surface area contributed by atoms with Gasteiger partial charge in [0.1, 0.15) is 5.69 Å². The summed E-state index contributed by atoms with van der Waals surface area (Å²) < 4.78 is 29.8. The van der Waals surface area contributed by atoms with Crippen molar-refractivity contribution in [3.63, 3.8) is 0 Å². The van der Waals surface area contributed by atoms with Crippen LogP contribution in [0.25, 0.3) is 5.69 Å². The first kappa shape index (κ1) is 13.0. The molecule has 0 unspecified atom stereocenters. The maximum absolute atomic E-state index is 14.2. The molecule has 110 valence electrons. The van der Waals surface area contributed by atoms with Crippen molar-refractivity contribution in [1.82, 2.24) is 15.1 Å². The number of halogens is 2. The molecule has 2 aliphatic carbocycles. The summed E-state index contributed by atoms with van der Waals surface area (Å²) in [5.74, 6) is -0.652. The van der Waals surface area contributed by atoms with E-state index >= 15 is 0 Å². The van der Waals surface area contributed by atoms with Crippen molar-refractivity contribution < 1.29 is 8.78 Å². The van der Waals surface area contributed by atoms with Gasteiger partial charge in [0.2, 0.25) is 0 Å². The van der Waals surface area contributed by atoms with Crippen LogP contribution in [0.15, 0.2) is 24.4 Å². The van der Waals surface area contributed by atoms with Crippen molar-refractivity contribution in [3.8, 4) is 5.69 Å². The molecule has 3 nitrogen and oxygen atoms in total. The van der Waals surface area contributed by atoms with E-state index < -0.39 is 11.6 Å². The van der Waals surface area contributed by atoms with Crippen LogP contribution in [0.5, 0.6) is 0 Å². The quantitative estimate of drug-likeness (QED) is 0.915. The average Bonchev–Trinajstić information content (AvgIpc) is 3.36. The van der Waals surface area contributed by atoms with Crippen LogP contribution < -0.4 is 5.32 Å². The molecule has 4 rings (SSSR count). The average molecular weight is 289 g/mol. The van der Waals surface area contributed by atoms with Crippen molar-refractivity contribution in [2.75, 3.05) is 0 Å². The summed E-state index contributed by atoms with van der Waals surface area (Å²) in [5, 5.41) is 7.56. The van der Waals surface area contributed by atoms with Gasteiger partial charge in [0, 0.05) is 24.7 Å². The third kappa shape index (κ3) is 2.70.